The Morgan fingerprint density at radius 1 is 1.55 bits per heavy atom. The maximum atomic E-state index is 5.89. The van der Waals surface area contributed by atoms with Gasteiger partial charge in [-0.3, -0.25) is 0 Å². The van der Waals surface area contributed by atoms with Gasteiger partial charge in [0.2, 0.25) is 0 Å². The molecule has 110 valence electrons. The third-order valence-corrected chi connectivity index (χ3v) is 4.52. The molecule has 20 heavy (non-hydrogen) atoms. The van der Waals surface area contributed by atoms with Crippen molar-refractivity contribution in [3.05, 3.63) is 23.8 Å². The monoisotopic (exact) mass is 310 g/mol. The van der Waals surface area contributed by atoms with Crippen molar-refractivity contribution >= 4 is 34.7 Å². The van der Waals surface area contributed by atoms with Crippen LogP contribution in [0.25, 0.3) is 0 Å². The lowest BCUT2D eigenvalue weighted by atomic mass is 10.1. The molecule has 1 aromatic rings. The number of thiocarbonyl (C=S) groups is 1. The summed E-state index contributed by atoms with van der Waals surface area (Å²) in [5.74, 6) is 1.01. The van der Waals surface area contributed by atoms with Gasteiger partial charge >= 0.3 is 0 Å². The predicted octanol–water partition coefficient (Wildman–Crippen LogP) is 3.41. The summed E-state index contributed by atoms with van der Waals surface area (Å²) in [6.45, 7) is 3.93. The molecule has 1 unspecified atom stereocenters. The smallest absolute Gasteiger partial charge is 0.107 e. The lowest BCUT2D eigenvalue weighted by molar-refractivity contribution is 0.107. The first-order valence-corrected chi connectivity index (χ1v) is 8.52. The summed E-state index contributed by atoms with van der Waals surface area (Å²) in [4.78, 5) is 1.61. The van der Waals surface area contributed by atoms with Crippen LogP contribution in [-0.4, -0.2) is 30.0 Å². The fourth-order valence-electron chi connectivity index (χ4n) is 2.45. The molecule has 0 spiro atoms. The molecule has 1 aliphatic heterocycles. The van der Waals surface area contributed by atoms with E-state index in [9.17, 15) is 0 Å². The Hall–Kier alpha value is -0.780. The summed E-state index contributed by atoms with van der Waals surface area (Å²) >= 11 is 6.98. The second kappa shape index (κ2) is 7.86. The molecule has 0 saturated carbocycles. The second-order valence-corrected chi connectivity index (χ2v) is 6.57. The van der Waals surface area contributed by atoms with Gasteiger partial charge in [0.1, 0.15) is 4.99 Å². The van der Waals surface area contributed by atoms with Crippen molar-refractivity contribution in [2.45, 2.75) is 37.2 Å². The average Bonchev–Trinajstić information content (AvgIpc) is 2.92. The van der Waals surface area contributed by atoms with E-state index in [0.29, 0.717) is 11.1 Å². The topological polar surface area (TPSA) is 47.3 Å². The van der Waals surface area contributed by atoms with E-state index in [4.69, 9.17) is 22.7 Å². The van der Waals surface area contributed by atoms with E-state index in [1.54, 1.807) is 11.8 Å². The van der Waals surface area contributed by atoms with Gasteiger partial charge in [-0.1, -0.05) is 25.2 Å². The summed E-state index contributed by atoms with van der Waals surface area (Å²) in [6, 6.07) is 6.17. The SMILES string of the molecule is CCSc1cccc(NCCC2CCCO2)c1C(N)=S. The Morgan fingerprint density at radius 2 is 2.40 bits per heavy atom. The molecule has 0 radical (unpaired) electrons. The molecule has 1 saturated heterocycles. The molecule has 3 nitrogen and oxygen atoms in total. The molecule has 0 aliphatic carbocycles. The van der Waals surface area contributed by atoms with Crippen molar-refractivity contribution in [3.63, 3.8) is 0 Å². The number of nitrogens with one attached hydrogen (secondary N) is 1. The van der Waals surface area contributed by atoms with Crippen molar-refractivity contribution in [2.75, 3.05) is 24.2 Å². The number of thioether (sulfide) groups is 1. The molecule has 0 bridgehead atoms. The molecule has 5 heteroatoms. The zero-order valence-corrected chi connectivity index (χ0v) is 13.5. The molecular weight excluding hydrogens is 288 g/mol. The van der Waals surface area contributed by atoms with Gasteiger partial charge in [0.25, 0.3) is 0 Å². The molecule has 2 rings (SSSR count). The van der Waals surface area contributed by atoms with Crippen molar-refractivity contribution in [3.8, 4) is 0 Å². The molecule has 0 aromatic heterocycles. The van der Waals surface area contributed by atoms with Crippen LogP contribution in [0, 0.1) is 0 Å². The summed E-state index contributed by atoms with van der Waals surface area (Å²) in [7, 11) is 0. The minimum atomic E-state index is 0.406. The molecule has 0 amide bonds. The highest BCUT2D eigenvalue weighted by molar-refractivity contribution is 7.99. The number of hydrogen-bond donors (Lipinski definition) is 2. The molecular formula is C15H22N2OS2. The zero-order valence-electron chi connectivity index (χ0n) is 11.9. The minimum absolute atomic E-state index is 0.406. The van der Waals surface area contributed by atoms with Crippen molar-refractivity contribution in [1.29, 1.82) is 0 Å². The molecule has 1 aliphatic rings. The summed E-state index contributed by atoms with van der Waals surface area (Å²) < 4.78 is 5.64. The number of anilines is 1. The number of rotatable bonds is 7. The fourth-order valence-corrected chi connectivity index (χ4v) is 3.58. The first-order chi connectivity index (χ1) is 9.72. The Bertz CT molecular complexity index is 459. The molecule has 1 heterocycles. The van der Waals surface area contributed by atoms with E-state index in [1.165, 1.54) is 12.8 Å². The van der Waals surface area contributed by atoms with Crippen molar-refractivity contribution in [1.82, 2.24) is 0 Å². The van der Waals surface area contributed by atoms with Crippen LogP contribution in [0.2, 0.25) is 0 Å². The Morgan fingerprint density at radius 3 is 3.05 bits per heavy atom. The van der Waals surface area contributed by atoms with Crippen LogP contribution in [0.15, 0.2) is 23.1 Å². The van der Waals surface area contributed by atoms with Gasteiger partial charge in [0.15, 0.2) is 0 Å². The lowest BCUT2D eigenvalue weighted by Gasteiger charge is -2.16. The van der Waals surface area contributed by atoms with E-state index in [2.05, 4.69) is 18.3 Å². The Labute approximate surface area is 130 Å². The van der Waals surface area contributed by atoms with Crippen LogP contribution in [-0.2, 0) is 4.74 Å². The largest absolute Gasteiger partial charge is 0.389 e. The number of benzene rings is 1. The molecule has 1 aromatic carbocycles. The van der Waals surface area contributed by atoms with E-state index in [-0.39, 0.29) is 0 Å². The van der Waals surface area contributed by atoms with Gasteiger partial charge in [0, 0.05) is 29.3 Å². The highest BCUT2D eigenvalue weighted by Gasteiger charge is 2.15. The van der Waals surface area contributed by atoms with E-state index >= 15 is 0 Å². The van der Waals surface area contributed by atoms with E-state index in [0.717, 1.165) is 41.5 Å². The summed E-state index contributed by atoms with van der Waals surface area (Å²) in [5, 5.41) is 3.46. The van der Waals surface area contributed by atoms with Gasteiger partial charge in [0.05, 0.1) is 6.10 Å². The van der Waals surface area contributed by atoms with Crippen LogP contribution in [0.1, 0.15) is 31.7 Å². The van der Waals surface area contributed by atoms with E-state index < -0.39 is 0 Å². The summed E-state index contributed by atoms with van der Waals surface area (Å²) in [6.07, 6.45) is 3.80. The van der Waals surface area contributed by atoms with Gasteiger partial charge in [-0.25, -0.2) is 0 Å². The third-order valence-electron chi connectivity index (χ3n) is 3.38. The Balaban J connectivity index is 2.01. The van der Waals surface area contributed by atoms with Crippen LogP contribution < -0.4 is 11.1 Å². The lowest BCUT2D eigenvalue weighted by Crippen LogP contribution is -2.17. The standard InChI is InChI=1S/C15H22N2OS2/c1-2-20-13-7-3-6-12(14(13)15(16)19)17-9-8-11-5-4-10-18-11/h3,6-7,11,17H,2,4-5,8-10H2,1H3,(H2,16,19). The van der Waals surface area contributed by atoms with Crippen LogP contribution in [0.5, 0.6) is 0 Å². The highest BCUT2D eigenvalue weighted by Crippen LogP contribution is 2.28. The van der Waals surface area contributed by atoms with Gasteiger partial charge < -0.3 is 15.8 Å². The summed E-state index contributed by atoms with van der Waals surface area (Å²) in [5.41, 5.74) is 7.90. The quantitative estimate of drug-likeness (QED) is 0.597. The zero-order chi connectivity index (χ0) is 14.4. The Kier molecular flexibility index (Phi) is 6.13. The third kappa shape index (κ3) is 4.11. The normalized spacial score (nSPS) is 18.1. The van der Waals surface area contributed by atoms with Crippen molar-refractivity contribution in [2.24, 2.45) is 5.73 Å². The second-order valence-electron chi connectivity index (χ2n) is 4.83. The first-order valence-electron chi connectivity index (χ1n) is 7.13. The van der Waals surface area contributed by atoms with Crippen LogP contribution in [0.4, 0.5) is 5.69 Å². The number of hydrogen-bond acceptors (Lipinski definition) is 4. The van der Waals surface area contributed by atoms with Crippen LogP contribution >= 0.6 is 24.0 Å². The number of ether oxygens (including phenoxy) is 1. The van der Waals surface area contributed by atoms with Gasteiger partial charge in [-0.05, 0) is 37.1 Å². The fraction of sp³-hybridized carbons (Fsp3) is 0.533. The maximum absolute atomic E-state index is 5.89. The highest BCUT2D eigenvalue weighted by atomic mass is 32.2. The van der Waals surface area contributed by atoms with Crippen LogP contribution in [0.3, 0.4) is 0 Å². The minimum Gasteiger partial charge on any atom is -0.389 e. The predicted molar refractivity (Wildman–Crippen MR) is 90.8 cm³/mol. The molecule has 3 N–H and O–H groups in total. The van der Waals surface area contributed by atoms with Gasteiger partial charge in [-0.2, -0.15) is 0 Å². The van der Waals surface area contributed by atoms with E-state index in [1.807, 2.05) is 12.1 Å². The van der Waals surface area contributed by atoms with Gasteiger partial charge in [-0.15, -0.1) is 11.8 Å². The maximum Gasteiger partial charge on any atom is 0.107 e. The van der Waals surface area contributed by atoms with Crippen molar-refractivity contribution < 1.29 is 4.74 Å². The molecule has 1 atom stereocenters. The first kappa shape index (κ1) is 15.6. The average molecular weight is 310 g/mol. The number of nitrogens with two attached hydrogens (primary N) is 1. The molecule has 1 fully saturated rings.